The molecule has 0 radical (unpaired) electrons. The van der Waals surface area contributed by atoms with Gasteiger partial charge in [0.1, 0.15) is 0 Å². The molecule has 7 nitrogen and oxygen atoms in total. The van der Waals surface area contributed by atoms with Crippen molar-refractivity contribution in [1.82, 2.24) is 9.78 Å². The number of anilines is 2. The van der Waals surface area contributed by atoms with Crippen molar-refractivity contribution < 1.29 is 9.59 Å². The van der Waals surface area contributed by atoms with Gasteiger partial charge in [-0.2, -0.15) is 5.10 Å². The molecule has 7 heteroatoms. The van der Waals surface area contributed by atoms with Gasteiger partial charge in [-0.3, -0.25) is 9.59 Å². The Bertz CT molecular complexity index is 1150. The summed E-state index contributed by atoms with van der Waals surface area (Å²) in [5.74, 6) is -0.771. The number of aromatic nitrogens is 2. The molecule has 31 heavy (non-hydrogen) atoms. The van der Waals surface area contributed by atoms with Crippen LogP contribution in [0.25, 0.3) is 5.69 Å². The molecular weight excluding hydrogens is 390 g/mol. The van der Waals surface area contributed by atoms with Crippen molar-refractivity contribution in [1.29, 1.82) is 0 Å². The van der Waals surface area contributed by atoms with E-state index in [0.717, 1.165) is 67.8 Å². The Labute approximate surface area is 180 Å². The first-order valence-corrected chi connectivity index (χ1v) is 10.8. The van der Waals surface area contributed by atoms with E-state index in [0.29, 0.717) is 16.9 Å². The van der Waals surface area contributed by atoms with Crippen molar-refractivity contribution >= 4 is 23.2 Å². The van der Waals surface area contributed by atoms with Crippen LogP contribution in [0, 0.1) is 0 Å². The Morgan fingerprint density at radius 2 is 1.74 bits per heavy atom. The minimum atomic E-state index is -0.516. The highest BCUT2D eigenvalue weighted by molar-refractivity contribution is 6.07. The molecule has 2 aromatic carbocycles. The molecule has 0 bridgehead atoms. The van der Waals surface area contributed by atoms with Crippen LogP contribution >= 0.6 is 0 Å². The van der Waals surface area contributed by atoms with Gasteiger partial charge in [0.25, 0.3) is 5.91 Å². The van der Waals surface area contributed by atoms with Crippen LogP contribution in [0.2, 0.25) is 0 Å². The minimum absolute atomic E-state index is 0.255. The molecule has 1 aromatic heterocycles. The molecule has 0 saturated carbocycles. The number of nitrogens with two attached hydrogens (primary N) is 1. The van der Waals surface area contributed by atoms with E-state index < -0.39 is 5.91 Å². The van der Waals surface area contributed by atoms with E-state index >= 15 is 0 Å². The maximum absolute atomic E-state index is 13.3. The molecule has 2 aliphatic rings. The Morgan fingerprint density at radius 3 is 2.48 bits per heavy atom. The van der Waals surface area contributed by atoms with E-state index in [2.05, 4.69) is 15.3 Å². The third kappa shape index (κ3) is 3.56. The van der Waals surface area contributed by atoms with Crippen molar-refractivity contribution in [2.24, 2.45) is 5.73 Å². The number of primary amides is 1. The normalized spacial score (nSPS) is 15.2. The fourth-order valence-corrected chi connectivity index (χ4v) is 4.61. The zero-order valence-corrected chi connectivity index (χ0v) is 17.3. The molecule has 1 aliphatic heterocycles. The van der Waals surface area contributed by atoms with Crippen LogP contribution in [0.5, 0.6) is 0 Å². The number of rotatable bonds is 5. The topological polar surface area (TPSA) is 93.2 Å². The molecule has 0 atom stereocenters. The Balaban J connectivity index is 1.51. The average Bonchev–Trinajstić information content (AvgIpc) is 3.52. The number of hydrogen-bond donors (Lipinski definition) is 2. The molecule has 3 aromatic rings. The second-order valence-corrected chi connectivity index (χ2v) is 8.12. The number of carbonyl (C=O) groups excluding carboxylic acids is 2. The molecule has 5 rings (SSSR count). The summed E-state index contributed by atoms with van der Waals surface area (Å²) in [5.41, 5.74) is 10.9. The summed E-state index contributed by atoms with van der Waals surface area (Å²) in [6.45, 7) is 1.85. The zero-order chi connectivity index (χ0) is 21.4. The second-order valence-electron chi connectivity index (χ2n) is 8.12. The summed E-state index contributed by atoms with van der Waals surface area (Å²) >= 11 is 0. The Hall–Kier alpha value is -3.61. The van der Waals surface area contributed by atoms with Crippen molar-refractivity contribution in [2.45, 2.75) is 32.1 Å². The standard InChI is InChI=1S/C24H25N5O2/c25-23(30)16-11-12-21(28-13-4-5-14-28)19(15-16)26-24(31)22-18-9-6-10-20(18)29(27-22)17-7-2-1-3-8-17/h1-3,7-8,11-12,15H,4-6,9-10,13-14H2,(H2,25,30)(H,26,31). The molecule has 1 fully saturated rings. The first-order valence-electron chi connectivity index (χ1n) is 10.8. The molecule has 0 unspecified atom stereocenters. The molecule has 2 amide bonds. The van der Waals surface area contributed by atoms with E-state index in [1.165, 1.54) is 0 Å². The van der Waals surface area contributed by atoms with Gasteiger partial charge in [-0.25, -0.2) is 4.68 Å². The van der Waals surface area contributed by atoms with Crippen LogP contribution in [0.1, 0.15) is 51.4 Å². The van der Waals surface area contributed by atoms with Crippen molar-refractivity contribution in [3.05, 3.63) is 71.0 Å². The van der Waals surface area contributed by atoms with Gasteiger partial charge in [0.05, 0.1) is 17.1 Å². The van der Waals surface area contributed by atoms with Gasteiger partial charge in [0.2, 0.25) is 5.91 Å². The van der Waals surface area contributed by atoms with Crippen LogP contribution in [-0.2, 0) is 12.8 Å². The first kappa shape index (κ1) is 19.4. The van der Waals surface area contributed by atoms with Gasteiger partial charge in [0.15, 0.2) is 5.69 Å². The highest BCUT2D eigenvalue weighted by Gasteiger charge is 2.28. The number of nitrogens with zero attached hydrogens (tertiary/aromatic N) is 3. The Kier molecular flexibility index (Phi) is 4.94. The van der Waals surface area contributed by atoms with Crippen molar-refractivity contribution in [3.8, 4) is 5.69 Å². The first-order chi connectivity index (χ1) is 15.1. The van der Waals surface area contributed by atoms with Gasteiger partial charge in [-0.1, -0.05) is 18.2 Å². The molecule has 2 heterocycles. The second kappa shape index (κ2) is 7.91. The van der Waals surface area contributed by atoms with Crippen LogP contribution in [-0.4, -0.2) is 34.7 Å². The van der Waals surface area contributed by atoms with Crippen LogP contribution in [0.3, 0.4) is 0 Å². The van der Waals surface area contributed by atoms with Crippen molar-refractivity contribution in [2.75, 3.05) is 23.3 Å². The maximum atomic E-state index is 13.3. The lowest BCUT2D eigenvalue weighted by Gasteiger charge is -2.22. The predicted octanol–water partition coefficient (Wildman–Crippen LogP) is 3.31. The summed E-state index contributed by atoms with van der Waals surface area (Å²) in [6.07, 6.45) is 4.97. The Morgan fingerprint density at radius 1 is 0.968 bits per heavy atom. The molecule has 3 N–H and O–H groups in total. The predicted molar refractivity (Wildman–Crippen MR) is 120 cm³/mol. The SMILES string of the molecule is NC(=O)c1ccc(N2CCCC2)c(NC(=O)c2nn(-c3ccccc3)c3c2CCC3)c1. The quantitative estimate of drug-likeness (QED) is 0.669. The fraction of sp³-hybridized carbons (Fsp3) is 0.292. The fourth-order valence-electron chi connectivity index (χ4n) is 4.61. The van der Waals surface area contributed by atoms with E-state index in [-0.39, 0.29) is 5.91 Å². The summed E-state index contributed by atoms with van der Waals surface area (Å²) in [4.78, 5) is 27.3. The highest BCUT2D eigenvalue weighted by Crippen LogP contribution is 2.32. The third-order valence-electron chi connectivity index (χ3n) is 6.12. The molecule has 1 aliphatic carbocycles. The number of para-hydroxylation sites is 1. The largest absolute Gasteiger partial charge is 0.370 e. The number of benzene rings is 2. The summed E-state index contributed by atoms with van der Waals surface area (Å²) in [6, 6.07) is 15.1. The number of hydrogen-bond acceptors (Lipinski definition) is 4. The molecule has 0 spiro atoms. The van der Waals surface area contributed by atoms with E-state index in [1.54, 1.807) is 12.1 Å². The van der Waals surface area contributed by atoms with E-state index in [1.807, 2.05) is 41.1 Å². The number of carbonyl (C=O) groups is 2. The molecule has 1 saturated heterocycles. The summed E-state index contributed by atoms with van der Waals surface area (Å²) in [5, 5.41) is 7.71. The number of fused-ring (bicyclic) bond motifs is 1. The lowest BCUT2D eigenvalue weighted by Crippen LogP contribution is -2.22. The van der Waals surface area contributed by atoms with Gasteiger partial charge in [-0.05, 0) is 62.4 Å². The van der Waals surface area contributed by atoms with Crippen LogP contribution in [0.15, 0.2) is 48.5 Å². The van der Waals surface area contributed by atoms with Gasteiger partial charge < -0.3 is 16.0 Å². The highest BCUT2D eigenvalue weighted by atomic mass is 16.2. The lowest BCUT2D eigenvalue weighted by atomic mass is 10.1. The van der Waals surface area contributed by atoms with E-state index in [4.69, 9.17) is 5.73 Å². The molecule has 158 valence electrons. The average molecular weight is 415 g/mol. The maximum Gasteiger partial charge on any atom is 0.276 e. The zero-order valence-electron chi connectivity index (χ0n) is 17.3. The summed E-state index contributed by atoms with van der Waals surface area (Å²) < 4.78 is 1.89. The summed E-state index contributed by atoms with van der Waals surface area (Å²) in [7, 11) is 0. The van der Waals surface area contributed by atoms with E-state index in [9.17, 15) is 9.59 Å². The lowest BCUT2D eigenvalue weighted by molar-refractivity contribution is 0.0995. The van der Waals surface area contributed by atoms with Gasteiger partial charge >= 0.3 is 0 Å². The third-order valence-corrected chi connectivity index (χ3v) is 6.12. The number of amides is 2. The van der Waals surface area contributed by atoms with Crippen LogP contribution < -0.4 is 16.0 Å². The monoisotopic (exact) mass is 415 g/mol. The van der Waals surface area contributed by atoms with Crippen LogP contribution in [0.4, 0.5) is 11.4 Å². The smallest absolute Gasteiger partial charge is 0.276 e. The molecular formula is C24H25N5O2. The van der Waals surface area contributed by atoms with Crippen molar-refractivity contribution in [3.63, 3.8) is 0 Å². The minimum Gasteiger partial charge on any atom is -0.370 e. The van der Waals surface area contributed by atoms with Gasteiger partial charge in [0, 0.05) is 29.9 Å². The van der Waals surface area contributed by atoms with Gasteiger partial charge in [-0.15, -0.1) is 0 Å². The number of nitrogens with one attached hydrogen (secondary N) is 1.